The number of aromatic nitrogens is 1. The predicted molar refractivity (Wildman–Crippen MR) is 87.1 cm³/mol. The summed E-state index contributed by atoms with van der Waals surface area (Å²) in [5.74, 6) is 0.651. The van der Waals surface area contributed by atoms with Gasteiger partial charge in [0.15, 0.2) is 0 Å². The molecular weight excluding hydrogens is 276 g/mol. The van der Waals surface area contributed by atoms with Crippen molar-refractivity contribution in [3.63, 3.8) is 0 Å². The Morgan fingerprint density at radius 3 is 2.55 bits per heavy atom. The van der Waals surface area contributed by atoms with E-state index in [2.05, 4.69) is 28.1 Å². The second-order valence-electron chi connectivity index (χ2n) is 5.16. The Morgan fingerprint density at radius 1 is 1.14 bits per heavy atom. The molecule has 0 spiro atoms. The SMILES string of the molecule is COc1ccc(C(=O)NCc2cc3ccccc3n2C)cc1. The second kappa shape index (κ2) is 5.93. The van der Waals surface area contributed by atoms with Crippen molar-refractivity contribution >= 4 is 16.8 Å². The van der Waals surface area contributed by atoms with Crippen LogP contribution >= 0.6 is 0 Å². The number of benzene rings is 2. The molecule has 4 nitrogen and oxygen atoms in total. The molecule has 1 N–H and O–H groups in total. The Hall–Kier alpha value is -2.75. The lowest BCUT2D eigenvalue weighted by Crippen LogP contribution is -2.23. The molecule has 112 valence electrons. The summed E-state index contributed by atoms with van der Waals surface area (Å²) in [5.41, 5.74) is 2.86. The summed E-state index contributed by atoms with van der Waals surface area (Å²) >= 11 is 0. The first-order valence-corrected chi connectivity index (χ1v) is 7.14. The largest absolute Gasteiger partial charge is 0.497 e. The summed E-state index contributed by atoms with van der Waals surface area (Å²) in [6.45, 7) is 0.496. The lowest BCUT2D eigenvalue weighted by molar-refractivity contribution is 0.0950. The van der Waals surface area contributed by atoms with Crippen molar-refractivity contribution in [2.45, 2.75) is 6.54 Å². The Labute approximate surface area is 129 Å². The highest BCUT2D eigenvalue weighted by molar-refractivity contribution is 5.94. The van der Waals surface area contributed by atoms with Gasteiger partial charge in [-0.25, -0.2) is 0 Å². The van der Waals surface area contributed by atoms with Gasteiger partial charge in [0, 0.05) is 23.8 Å². The first-order valence-electron chi connectivity index (χ1n) is 7.14. The Kier molecular flexibility index (Phi) is 3.83. The average molecular weight is 294 g/mol. The van der Waals surface area contributed by atoms with Crippen molar-refractivity contribution in [1.29, 1.82) is 0 Å². The molecule has 0 aliphatic heterocycles. The van der Waals surface area contributed by atoms with Crippen LogP contribution in [0.15, 0.2) is 54.6 Å². The molecule has 3 aromatic rings. The number of nitrogens with zero attached hydrogens (tertiary/aromatic N) is 1. The highest BCUT2D eigenvalue weighted by Crippen LogP contribution is 2.18. The maximum Gasteiger partial charge on any atom is 0.251 e. The first kappa shape index (κ1) is 14.2. The summed E-state index contributed by atoms with van der Waals surface area (Å²) in [6, 6.07) is 17.4. The monoisotopic (exact) mass is 294 g/mol. The van der Waals surface area contributed by atoms with Crippen LogP contribution in [0.2, 0.25) is 0 Å². The zero-order valence-electron chi connectivity index (χ0n) is 12.7. The fourth-order valence-electron chi connectivity index (χ4n) is 2.53. The number of hydrogen-bond donors (Lipinski definition) is 1. The van der Waals surface area contributed by atoms with Crippen molar-refractivity contribution in [3.05, 3.63) is 65.9 Å². The van der Waals surface area contributed by atoms with Crippen molar-refractivity contribution in [2.75, 3.05) is 7.11 Å². The molecule has 0 bridgehead atoms. The van der Waals surface area contributed by atoms with Crippen molar-refractivity contribution < 1.29 is 9.53 Å². The smallest absolute Gasteiger partial charge is 0.251 e. The maximum atomic E-state index is 12.2. The zero-order valence-corrected chi connectivity index (χ0v) is 12.7. The molecule has 0 radical (unpaired) electrons. The molecule has 3 rings (SSSR count). The van der Waals surface area contributed by atoms with Gasteiger partial charge in [-0.15, -0.1) is 0 Å². The van der Waals surface area contributed by atoms with E-state index in [0.717, 1.165) is 17.0 Å². The number of para-hydroxylation sites is 1. The van der Waals surface area contributed by atoms with E-state index < -0.39 is 0 Å². The van der Waals surface area contributed by atoms with Gasteiger partial charge in [0.1, 0.15) is 5.75 Å². The molecule has 1 aromatic heterocycles. The van der Waals surface area contributed by atoms with Gasteiger partial charge < -0.3 is 14.6 Å². The summed E-state index contributed by atoms with van der Waals surface area (Å²) in [7, 11) is 3.62. The Bertz CT molecular complexity index is 804. The molecule has 1 heterocycles. The van der Waals surface area contributed by atoms with E-state index in [1.807, 2.05) is 19.2 Å². The molecule has 0 fully saturated rings. The average Bonchev–Trinajstić information content (AvgIpc) is 2.89. The van der Waals surface area contributed by atoms with Crippen LogP contribution in [0.4, 0.5) is 0 Å². The van der Waals surface area contributed by atoms with E-state index in [-0.39, 0.29) is 5.91 Å². The third-order valence-corrected chi connectivity index (χ3v) is 3.83. The van der Waals surface area contributed by atoms with E-state index in [9.17, 15) is 4.79 Å². The van der Waals surface area contributed by atoms with E-state index in [1.54, 1.807) is 31.4 Å². The summed E-state index contributed by atoms with van der Waals surface area (Å²) in [5, 5.41) is 4.13. The van der Waals surface area contributed by atoms with Gasteiger partial charge in [-0.2, -0.15) is 0 Å². The lowest BCUT2D eigenvalue weighted by atomic mass is 10.2. The minimum Gasteiger partial charge on any atom is -0.497 e. The molecule has 0 unspecified atom stereocenters. The number of ether oxygens (including phenoxy) is 1. The van der Waals surface area contributed by atoms with Gasteiger partial charge >= 0.3 is 0 Å². The lowest BCUT2D eigenvalue weighted by Gasteiger charge is -2.07. The van der Waals surface area contributed by atoms with E-state index in [0.29, 0.717) is 12.1 Å². The normalized spacial score (nSPS) is 10.6. The van der Waals surface area contributed by atoms with Gasteiger partial charge in [0.05, 0.1) is 13.7 Å². The molecule has 0 saturated carbocycles. The van der Waals surface area contributed by atoms with Crippen LogP contribution in [0, 0.1) is 0 Å². The molecule has 4 heteroatoms. The molecule has 22 heavy (non-hydrogen) atoms. The molecular formula is C18H18N2O2. The van der Waals surface area contributed by atoms with Gasteiger partial charge in [0.2, 0.25) is 0 Å². The predicted octanol–water partition coefficient (Wildman–Crippen LogP) is 3.12. The van der Waals surface area contributed by atoms with Gasteiger partial charge in [-0.3, -0.25) is 4.79 Å². The van der Waals surface area contributed by atoms with Crippen LogP contribution in [-0.4, -0.2) is 17.6 Å². The topological polar surface area (TPSA) is 43.3 Å². The number of carbonyl (C=O) groups is 1. The van der Waals surface area contributed by atoms with Gasteiger partial charge in [-0.05, 0) is 41.8 Å². The molecule has 0 aliphatic carbocycles. The molecule has 2 aromatic carbocycles. The van der Waals surface area contributed by atoms with Crippen LogP contribution in [0.1, 0.15) is 16.1 Å². The van der Waals surface area contributed by atoms with Crippen LogP contribution in [0.3, 0.4) is 0 Å². The van der Waals surface area contributed by atoms with Gasteiger partial charge in [-0.1, -0.05) is 18.2 Å². The summed E-state index contributed by atoms with van der Waals surface area (Å²) in [4.78, 5) is 12.2. The van der Waals surface area contributed by atoms with E-state index in [1.165, 1.54) is 5.39 Å². The van der Waals surface area contributed by atoms with Crippen molar-refractivity contribution in [1.82, 2.24) is 9.88 Å². The number of hydrogen-bond acceptors (Lipinski definition) is 2. The number of methoxy groups -OCH3 is 1. The Morgan fingerprint density at radius 2 is 1.86 bits per heavy atom. The van der Waals surface area contributed by atoms with Crippen molar-refractivity contribution in [2.24, 2.45) is 7.05 Å². The van der Waals surface area contributed by atoms with Crippen LogP contribution in [-0.2, 0) is 13.6 Å². The first-order chi connectivity index (χ1) is 10.7. The fourth-order valence-corrected chi connectivity index (χ4v) is 2.53. The van der Waals surface area contributed by atoms with Crippen LogP contribution in [0.5, 0.6) is 5.75 Å². The summed E-state index contributed by atoms with van der Waals surface area (Å²) in [6.07, 6.45) is 0. The van der Waals surface area contributed by atoms with Gasteiger partial charge in [0.25, 0.3) is 5.91 Å². The highest BCUT2D eigenvalue weighted by Gasteiger charge is 2.08. The van der Waals surface area contributed by atoms with Crippen LogP contribution < -0.4 is 10.1 Å². The fraction of sp³-hybridized carbons (Fsp3) is 0.167. The number of carbonyl (C=O) groups excluding carboxylic acids is 1. The second-order valence-corrected chi connectivity index (χ2v) is 5.16. The minimum absolute atomic E-state index is 0.0899. The van der Waals surface area contributed by atoms with E-state index >= 15 is 0 Å². The van der Waals surface area contributed by atoms with Crippen LogP contribution in [0.25, 0.3) is 10.9 Å². The highest BCUT2D eigenvalue weighted by atomic mass is 16.5. The minimum atomic E-state index is -0.0899. The summed E-state index contributed by atoms with van der Waals surface area (Å²) < 4.78 is 7.19. The maximum absolute atomic E-state index is 12.2. The quantitative estimate of drug-likeness (QED) is 0.803. The number of fused-ring (bicyclic) bond motifs is 1. The number of nitrogens with one attached hydrogen (secondary N) is 1. The zero-order chi connectivity index (χ0) is 15.5. The third-order valence-electron chi connectivity index (χ3n) is 3.83. The number of rotatable bonds is 4. The van der Waals surface area contributed by atoms with Crippen molar-refractivity contribution in [3.8, 4) is 5.75 Å². The molecule has 0 saturated heterocycles. The van der Waals surface area contributed by atoms with E-state index in [4.69, 9.17) is 4.74 Å². The third kappa shape index (κ3) is 2.68. The molecule has 1 amide bonds. The molecule has 0 atom stereocenters. The molecule has 0 aliphatic rings. The standard InChI is InChI=1S/C18H18N2O2/c1-20-15(11-14-5-3-4-6-17(14)20)12-19-18(21)13-7-9-16(22-2)10-8-13/h3-11H,12H2,1-2H3,(H,19,21). The Balaban J connectivity index is 1.72. The number of aryl methyl sites for hydroxylation is 1. The number of amides is 1.